The number of carbonyl (C=O) groups is 1. The third-order valence-corrected chi connectivity index (χ3v) is 4.20. The van der Waals surface area contributed by atoms with E-state index in [1.54, 1.807) is 13.8 Å². The van der Waals surface area contributed by atoms with E-state index in [-0.39, 0.29) is 24.4 Å². The Kier molecular flexibility index (Phi) is 5.54. The Morgan fingerprint density at radius 1 is 1.30 bits per heavy atom. The Morgan fingerprint density at radius 2 is 2.11 bits per heavy atom. The van der Waals surface area contributed by atoms with Crippen LogP contribution in [0.25, 0.3) is 5.78 Å². The second kappa shape index (κ2) is 8.03. The molecular formula is C19H23N5O3. The first-order valence-corrected chi connectivity index (χ1v) is 8.91. The molecule has 0 radical (unpaired) electrons. The summed E-state index contributed by atoms with van der Waals surface area (Å²) in [6.45, 7) is 6.29. The lowest BCUT2D eigenvalue weighted by molar-refractivity contribution is -0.143. The number of carbonyl (C=O) groups excluding carboxylic acids is 1. The minimum Gasteiger partial charge on any atom is -0.466 e. The maximum absolute atomic E-state index is 12.7. The van der Waals surface area contributed by atoms with Crippen LogP contribution in [0.4, 0.5) is 5.69 Å². The molecule has 0 saturated heterocycles. The Morgan fingerprint density at radius 3 is 2.85 bits per heavy atom. The summed E-state index contributed by atoms with van der Waals surface area (Å²) < 4.78 is 6.24. The highest BCUT2D eigenvalue weighted by Crippen LogP contribution is 2.11. The molecule has 3 aromatic rings. The van der Waals surface area contributed by atoms with Crippen molar-refractivity contribution in [3.8, 4) is 0 Å². The van der Waals surface area contributed by atoms with Crippen LogP contribution in [0.5, 0.6) is 0 Å². The van der Waals surface area contributed by atoms with Crippen molar-refractivity contribution < 1.29 is 9.53 Å². The number of fused-ring (bicyclic) bond motifs is 1. The summed E-state index contributed by atoms with van der Waals surface area (Å²) >= 11 is 0. The Labute approximate surface area is 156 Å². The zero-order chi connectivity index (χ0) is 19.4. The number of hydrogen-bond acceptors (Lipinski definition) is 6. The number of benzene rings is 1. The standard InChI is InChI=1S/C19H23N5O3/c1-4-27-17(25)9-8-15-13(3)21-19-22-16(23-24(19)18(15)26)11-20-14-7-5-6-12(2)10-14/h5-7,10,20H,4,8-9,11H2,1-3H3,(H,21,22,23). The molecule has 2 heterocycles. The second-order valence-corrected chi connectivity index (χ2v) is 6.31. The van der Waals surface area contributed by atoms with Gasteiger partial charge in [-0.15, -0.1) is 0 Å². The van der Waals surface area contributed by atoms with Crippen molar-refractivity contribution in [3.05, 3.63) is 57.3 Å². The summed E-state index contributed by atoms with van der Waals surface area (Å²) in [5.41, 5.74) is 2.96. The first-order chi connectivity index (χ1) is 13.0. The van der Waals surface area contributed by atoms with Gasteiger partial charge in [0, 0.05) is 17.7 Å². The predicted molar refractivity (Wildman–Crippen MR) is 102 cm³/mol. The molecule has 8 nitrogen and oxygen atoms in total. The van der Waals surface area contributed by atoms with E-state index in [1.165, 1.54) is 4.52 Å². The van der Waals surface area contributed by atoms with Crippen LogP contribution in [0, 0.1) is 13.8 Å². The third kappa shape index (κ3) is 4.33. The number of ether oxygens (including phenoxy) is 1. The molecule has 3 rings (SSSR count). The number of aromatic amines is 1. The smallest absolute Gasteiger partial charge is 0.306 e. The van der Waals surface area contributed by atoms with E-state index in [2.05, 4.69) is 20.4 Å². The molecular weight excluding hydrogens is 346 g/mol. The molecule has 0 spiro atoms. The average Bonchev–Trinajstić information content (AvgIpc) is 3.03. The van der Waals surface area contributed by atoms with Crippen molar-refractivity contribution in [2.24, 2.45) is 0 Å². The van der Waals surface area contributed by atoms with Crippen LogP contribution in [0.15, 0.2) is 29.1 Å². The van der Waals surface area contributed by atoms with Crippen LogP contribution in [0.3, 0.4) is 0 Å². The van der Waals surface area contributed by atoms with Crippen molar-refractivity contribution >= 4 is 17.4 Å². The molecule has 8 heteroatoms. The van der Waals surface area contributed by atoms with Gasteiger partial charge < -0.3 is 10.1 Å². The van der Waals surface area contributed by atoms with Gasteiger partial charge in [0.15, 0.2) is 0 Å². The quantitative estimate of drug-likeness (QED) is 0.619. The minimum atomic E-state index is -0.325. The molecule has 0 saturated carbocycles. The summed E-state index contributed by atoms with van der Waals surface area (Å²) in [4.78, 5) is 33.1. The molecule has 2 N–H and O–H groups in total. The van der Waals surface area contributed by atoms with Gasteiger partial charge in [-0.25, -0.2) is 4.98 Å². The fourth-order valence-corrected chi connectivity index (χ4v) is 2.87. The molecule has 142 valence electrons. The summed E-state index contributed by atoms with van der Waals surface area (Å²) in [6.07, 6.45) is 0.433. The van der Waals surface area contributed by atoms with Crippen LogP contribution >= 0.6 is 0 Å². The van der Waals surface area contributed by atoms with Crippen molar-refractivity contribution in [2.45, 2.75) is 40.2 Å². The fourth-order valence-electron chi connectivity index (χ4n) is 2.87. The summed E-state index contributed by atoms with van der Waals surface area (Å²) in [6, 6.07) is 8.00. The highest BCUT2D eigenvalue weighted by Gasteiger charge is 2.15. The zero-order valence-electron chi connectivity index (χ0n) is 15.7. The summed E-state index contributed by atoms with van der Waals surface area (Å²) in [5, 5.41) is 6.25. The highest BCUT2D eigenvalue weighted by molar-refractivity contribution is 5.69. The number of aryl methyl sites for hydroxylation is 2. The SMILES string of the molecule is CCOC(=O)CCc1c(C)nc2nc(CNc3cccc(C)c3)[nH]n2c1=O. The van der Waals surface area contributed by atoms with Gasteiger partial charge in [0.25, 0.3) is 11.3 Å². The largest absolute Gasteiger partial charge is 0.466 e. The average molecular weight is 369 g/mol. The molecule has 27 heavy (non-hydrogen) atoms. The Balaban J connectivity index is 1.79. The molecule has 0 unspecified atom stereocenters. The lowest BCUT2D eigenvalue weighted by atomic mass is 10.1. The molecule has 0 atom stereocenters. The first-order valence-electron chi connectivity index (χ1n) is 8.91. The van der Waals surface area contributed by atoms with Crippen LogP contribution in [0.1, 0.15) is 36.0 Å². The molecule has 0 fully saturated rings. The van der Waals surface area contributed by atoms with Crippen LogP contribution in [-0.2, 0) is 22.5 Å². The lowest BCUT2D eigenvalue weighted by Gasteiger charge is -2.05. The number of H-pyrrole nitrogens is 1. The zero-order valence-corrected chi connectivity index (χ0v) is 15.7. The van der Waals surface area contributed by atoms with Crippen LogP contribution < -0.4 is 10.9 Å². The normalized spacial score (nSPS) is 10.9. The van der Waals surface area contributed by atoms with E-state index >= 15 is 0 Å². The van der Waals surface area contributed by atoms with Crippen LogP contribution in [0.2, 0.25) is 0 Å². The lowest BCUT2D eigenvalue weighted by Crippen LogP contribution is -2.23. The topological polar surface area (TPSA) is 101 Å². The van der Waals surface area contributed by atoms with E-state index in [0.717, 1.165) is 11.3 Å². The maximum Gasteiger partial charge on any atom is 0.306 e. The van der Waals surface area contributed by atoms with E-state index in [1.807, 2.05) is 31.2 Å². The minimum absolute atomic E-state index is 0.146. The monoisotopic (exact) mass is 369 g/mol. The van der Waals surface area contributed by atoms with Gasteiger partial charge >= 0.3 is 5.97 Å². The van der Waals surface area contributed by atoms with Gasteiger partial charge in [-0.3, -0.25) is 14.7 Å². The van der Waals surface area contributed by atoms with Crippen LogP contribution in [-0.4, -0.2) is 32.2 Å². The van der Waals surface area contributed by atoms with Gasteiger partial charge in [0.05, 0.1) is 18.8 Å². The third-order valence-electron chi connectivity index (χ3n) is 4.20. The highest BCUT2D eigenvalue weighted by atomic mass is 16.5. The molecule has 0 bridgehead atoms. The first kappa shape index (κ1) is 18.6. The Hall–Kier alpha value is -3.16. The molecule has 0 aliphatic heterocycles. The van der Waals surface area contributed by atoms with E-state index in [9.17, 15) is 9.59 Å². The predicted octanol–water partition coefficient (Wildman–Crippen LogP) is 2.14. The second-order valence-electron chi connectivity index (χ2n) is 6.31. The van der Waals surface area contributed by atoms with E-state index in [4.69, 9.17) is 4.74 Å². The Bertz CT molecular complexity index is 1020. The van der Waals surface area contributed by atoms with E-state index in [0.29, 0.717) is 36.0 Å². The van der Waals surface area contributed by atoms with Gasteiger partial charge in [-0.05, 0) is 44.9 Å². The number of anilines is 1. The molecule has 1 aromatic carbocycles. The summed E-state index contributed by atoms with van der Waals surface area (Å²) in [7, 11) is 0. The molecule has 2 aromatic heterocycles. The number of hydrogen-bond donors (Lipinski definition) is 2. The van der Waals surface area contributed by atoms with Crippen molar-refractivity contribution in [1.29, 1.82) is 0 Å². The number of rotatable bonds is 7. The van der Waals surface area contributed by atoms with Gasteiger partial charge in [0.1, 0.15) is 5.82 Å². The maximum atomic E-state index is 12.7. The van der Waals surface area contributed by atoms with Gasteiger partial charge in [-0.2, -0.15) is 9.50 Å². The molecule has 0 amide bonds. The van der Waals surface area contributed by atoms with Crippen molar-refractivity contribution in [1.82, 2.24) is 19.6 Å². The number of aromatic nitrogens is 4. The van der Waals surface area contributed by atoms with Crippen molar-refractivity contribution in [2.75, 3.05) is 11.9 Å². The van der Waals surface area contributed by atoms with Gasteiger partial charge in [0.2, 0.25) is 0 Å². The van der Waals surface area contributed by atoms with Gasteiger partial charge in [-0.1, -0.05) is 12.1 Å². The molecule has 0 aliphatic carbocycles. The fraction of sp³-hybridized carbons (Fsp3) is 0.368. The molecule has 0 aliphatic rings. The van der Waals surface area contributed by atoms with Crippen molar-refractivity contribution in [3.63, 3.8) is 0 Å². The number of nitrogens with one attached hydrogen (secondary N) is 2. The number of nitrogens with zero attached hydrogens (tertiary/aromatic N) is 3. The van der Waals surface area contributed by atoms with E-state index < -0.39 is 0 Å². The number of esters is 1. The summed E-state index contributed by atoms with van der Waals surface area (Å²) in [5.74, 6) is 0.593.